The summed E-state index contributed by atoms with van der Waals surface area (Å²) in [5.74, 6) is 0.793. The van der Waals surface area contributed by atoms with Crippen LogP contribution in [0.15, 0.2) is 0 Å². The van der Waals surface area contributed by atoms with Crippen LogP contribution in [0.1, 0.15) is 46.0 Å². The minimum Gasteiger partial charge on any atom is -0.329 e. The fraction of sp³-hybridized carbons (Fsp3) is 1.00. The maximum Gasteiger partial charge on any atom is 0.0334 e. The summed E-state index contributed by atoms with van der Waals surface area (Å²) < 4.78 is 0. The van der Waals surface area contributed by atoms with Crippen molar-refractivity contribution < 1.29 is 0 Å². The van der Waals surface area contributed by atoms with Crippen LogP contribution in [-0.4, -0.2) is 29.6 Å². The molecule has 14 heavy (non-hydrogen) atoms. The lowest BCUT2D eigenvalue weighted by Crippen LogP contribution is -2.60. The maximum absolute atomic E-state index is 5.97. The lowest BCUT2D eigenvalue weighted by molar-refractivity contribution is -0.000200. The molecule has 82 valence electrons. The van der Waals surface area contributed by atoms with E-state index in [1.54, 1.807) is 0 Å². The van der Waals surface area contributed by atoms with Gasteiger partial charge in [0, 0.05) is 18.1 Å². The maximum atomic E-state index is 5.97. The monoisotopic (exact) mass is 196 g/mol. The Bertz CT molecular complexity index is 191. The fourth-order valence-electron chi connectivity index (χ4n) is 3.27. The Morgan fingerprint density at radius 1 is 1.36 bits per heavy atom. The number of nitrogens with zero attached hydrogens (tertiary/aromatic N) is 1. The van der Waals surface area contributed by atoms with Crippen LogP contribution in [0.2, 0.25) is 0 Å². The number of rotatable bonds is 3. The molecule has 2 fully saturated rings. The topological polar surface area (TPSA) is 29.3 Å². The van der Waals surface area contributed by atoms with Crippen LogP contribution in [-0.2, 0) is 0 Å². The van der Waals surface area contributed by atoms with Gasteiger partial charge < -0.3 is 5.73 Å². The van der Waals surface area contributed by atoms with E-state index in [1.165, 1.54) is 38.6 Å². The van der Waals surface area contributed by atoms with Crippen molar-refractivity contribution in [3.8, 4) is 0 Å². The molecule has 0 aromatic carbocycles. The molecule has 1 saturated carbocycles. The lowest BCUT2D eigenvalue weighted by Gasteiger charge is -2.51. The normalized spacial score (nSPS) is 32.1. The number of hydrogen-bond acceptors (Lipinski definition) is 2. The predicted molar refractivity (Wildman–Crippen MR) is 60.2 cm³/mol. The molecule has 0 aromatic rings. The van der Waals surface area contributed by atoms with E-state index in [2.05, 4.69) is 18.7 Å². The molecule has 1 aliphatic heterocycles. The summed E-state index contributed by atoms with van der Waals surface area (Å²) in [6.07, 6.45) is 6.84. The van der Waals surface area contributed by atoms with E-state index in [0.717, 1.165) is 18.5 Å². The molecular weight excluding hydrogens is 172 g/mol. The van der Waals surface area contributed by atoms with Crippen LogP contribution in [0.3, 0.4) is 0 Å². The van der Waals surface area contributed by atoms with Gasteiger partial charge in [0.25, 0.3) is 0 Å². The van der Waals surface area contributed by atoms with Crippen molar-refractivity contribution in [3.63, 3.8) is 0 Å². The largest absolute Gasteiger partial charge is 0.329 e. The van der Waals surface area contributed by atoms with Gasteiger partial charge in [0.2, 0.25) is 0 Å². The van der Waals surface area contributed by atoms with Gasteiger partial charge in [0.15, 0.2) is 0 Å². The molecule has 1 unspecified atom stereocenters. The standard InChI is InChI=1S/C12H24N2/c1-10(2)11-5-3-8-14(11)12(9-13)6-4-7-12/h10-11H,3-9,13H2,1-2H3. The summed E-state index contributed by atoms with van der Waals surface area (Å²) in [5.41, 5.74) is 6.38. The summed E-state index contributed by atoms with van der Waals surface area (Å²) in [6, 6.07) is 0.804. The van der Waals surface area contributed by atoms with Gasteiger partial charge in [-0.2, -0.15) is 0 Å². The Morgan fingerprint density at radius 3 is 2.50 bits per heavy atom. The van der Waals surface area contributed by atoms with Gasteiger partial charge >= 0.3 is 0 Å². The van der Waals surface area contributed by atoms with Crippen LogP contribution < -0.4 is 5.73 Å². The Hall–Kier alpha value is -0.0800. The van der Waals surface area contributed by atoms with E-state index < -0.39 is 0 Å². The molecule has 2 aliphatic rings. The summed E-state index contributed by atoms with van der Waals surface area (Å²) in [4.78, 5) is 2.74. The molecule has 2 N–H and O–H groups in total. The van der Waals surface area contributed by atoms with E-state index in [1.807, 2.05) is 0 Å². The number of nitrogens with two attached hydrogens (primary N) is 1. The zero-order chi connectivity index (χ0) is 10.2. The van der Waals surface area contributed by atoms with Gasteiger partial charge in [0.05, 0.1) is 0 Å². The molecule has 1 atom stereocenters. The number of likely N-dealkylation sites (tertiary alicyclic amines) is 1. The van der Waals surface area contributed by atoms with E-state index in [4.69, 9.17) is 5.73 Å². The van der Waals surface area contributed by atoms with E-state index in [9.17, 15) is 0 Å². The van der Waals surface area contributed by atoms with Gasteiger partial charge in [-0.05, 0) is 44.6 Å². The first-order chi connectivity index (χ1) is 6.69. The molecule has 0 amide bonds. The lowest BCUT2D eigenvalue weighted by atomic mass is 9.74. The first-order valence-electron chi connectivity index (χ1n) is 6.16. The van der Waals surface area contributed by atoms with Gasteiger partial charge in [0.1, 0.15) is 0 Å². The third-order valence-electron chi connectivity index (χ3n) is 4.34. The van der Waals surface area contributed by atoms with Crippen molar-refractivity contribution in [1.29, 1.82) is 0 Å². The zero-order valence-corrected chi connectivity index (χ0v) is 9.63. The van der Waals surface area contributed by atoms with Crippen molar-refractivity contribution in [2.75, 3.05) is 13.1 Å². The third-order valence-corrected chi connectivity index (χ3v) is 4.34. The average molecular weight is 196 g/mol. The van der Waals surface area contributed by atoms with Crippen LogP contribution in [0.5, 0.6) is 0 Å². The van der Waals surface area contributed by atoms with Gasteiger partial charge in [-0.15, -0.1) is 0 Å². The smallest absolute Gasteiger partial charge is 0.0334 e. The van der Waals surface area contributed by atoms with E-state index >= 15 is 0 Å². The van der Waals surface area contributed by atoms with Gasteiger partial charge in [-0.3, -0.25) is 4.90 Å². The SMILES string of the molecule is CC(C)C1CCCN1C1(CN)CCC1. The third kappa shape index (κ3) is 1.49. The second-order valence-electron chi connectivity index (χ2n) is 5.43. The summed E-state index contributed by atoms with van der Waals surface area (Å²) >= 11 is 0. The summed E-state index contributed by atoms with van der Waals surface area (Å²) in [5, 5.41) is 0. The molecule has 2 nitrogen and oxygen atoms in total. The minimum absolute atomic E-state index is 0.408. The van der Waals surface area contributed by atoms with Crippen LogP contribution in [0.25, 0.3) is 0 Å². The highest BCUT2D eigenvalue weighted by Gasteiger charge is 2.46. The molecule has 1 saturated heterocycles. The molecule has 2 rings (SSSR count). The minimum atomic E-state index is 0.408. The molecule has 1 aliphatic carbocycles. The van der Waals surface area contributed by atoms with Crippen LogP contribution in [0.4, 0.5) is 0 Å². The summed E-state index contributed by atoms with van der Waals surface area (Å²) in [7, 11) is 0. The molecule has 0 bridgehead atoms. The molecule has 0 spiro atoms. The van der Waals surface area contributed by atoms with E-state index in [0.29, 0.717) is 5.54 Å². The van der Waals surface area contributed by atoms with Crippen LogP contribution in [0, 0.1) is 5.92 Å². The quantitative estimate of drug-likeness (QED) is 0.748. The zero-order valence-electron chi connectivity index (χ0n) is 9.63. The van der Waals surface area contributed by atoms with Crippen molar-refractivity contribution in [2.45, 2.75) is 57.5 Å². The molecule has 0 aromatic heterocycles. The van der Waals surface area contributed by atoms with Gasteiger partial charge in [-0.1, -0.05) is 13.8 Å². The van der Waals surface area contributed by atoms with Gasteiger partial charge in [-0.25, -0.2) is 0 Å². The predicted octanol–water partition coefficient (Wildman–Crippen LogP) is 1.99. The second-order valence-corrected chi connectivity index (χ2v) is 5.43. The Labute approximate surface area is 87.8 Å². The first-order valence-corrected chi connectivity index (χ1v) is 6.16. The molecule has 1 heterocycles. The summed E-state index contributed by atoms with van der Waals surface area (Å²) in [6.45, 7) is 6.87. The first kappa shape index (κ1) is 10.4. The average Bonchev–Trinajstić information content (AvgIpc) is 2.52. The highest BCUT2D eigenvalue weighted by molar-refractivity contribution is 5.03. The van der Waals surface area contributed by atoms with E-state index in [-0.39, 0.29) is 0 Å². The van der Waals surface area contributed by atoms with Crippen molar-refractivity contribution in [3.05, 3.63) is 0 Å². The van der Waals surface area contributed by atoms with Crippen molar-refractivity contribution in [2.24, 2.45) is 11.7 Å². The second kappa shape index (κ2) is 3.82. The van der Waals surface area contributed by atoms with Crippen LogP contribution >= 0.6 is 0 Å². The Morgan fingerprint density at radius 2 is 2.07 bits per heavy atom. The highest BCUT2D eigenvalue weighted by Crippen LogP contribution is 2.42. The molecular formula is C12H24N2. The van der Waals surface area contributed by atoms with Crippen molar-refractivity contribution in [1.82, 2.24) is 4.90 Å². The number of hydrogen-bond donors (Lipinski definition) is 1. The Balaban J connectivity index is 2.08. The highest BCUT2D eigenvalue weighted by atomic mass is 15.3. The fourth-order valence-corrected chi connectivity index (χ4v) is 3.27. The Kier molecular flexibility index (Phi) is 2.85. The van der Waals surface area contributed by atoms with Crippen molar-refractivity contribution >= 4 is 0 Å². The molecule has 0 radical (unpaired) electrons. The molecule has 2 heteroatoms.